The molecule has 1 heterocycles. The minimum Gasteiger partial charge on any atom is -0.341 e. The van der Waals surface area contributed by atoms with Gasteiger partial charge < -0.3 is 4.90 Å². The number of hydrogen-bond donors (Lipinski definition) is 0. The fourth-order valence-corrected chi connectivity index (χ4v) is 5.48. The molecule has 3 fully saturated rings. The summed E-state index contributed by atoms with van der Waals surface area (Å²) < 4.78 is 0. The van der Waals surface area contributed by atoms with Gasteiger partial charge in [-0.05, 0) is 25.7 Å². The van der Waals surface area contributed by atoms with Gasteiger partial charge in [-0.25, -0.2) is 0 Å². The van der Waals surface area contributed by atoms with Crippen molar-refractivity contribution in [2.75, 3.05) is 13.6 Å². The minimum atomic E-state index is -0.275. The van der Waals surface area contributed by atoms with Gasteiger partial charge in [0.05, 0.1) is 11.8 Å². The first kappa shape index (κ1) is 18.4. The summed E-state index contributed by atoms with van der Waals surface area (Å²) in [4.78, 5) is 41.2. The molecular formula is C17H24Br2N2O3. The Morgan fingerprint density at radius 2 is 1.54 bits per heavy atom. The van der Waals surface area contributed by atoms with Crippen molar-refractivity contribution in [3.8, 4) is 0 Å². The fourth-order valence-electron chi connectivity index (χ4n) is 4.24. The van der Waals surface area contributed by atoms with Crippen LogP contribution in [0.15, 0.2) is 0 Å². The highest BCUT2D eigenvalue weighted by molar-refractivity contribution is 9.12. The second-order valence-electron chi connectivity index (χ2n) is 7.28. The number of alkyl halides is 2. The van der Waals surface area contributed by atoms with Gasteiger partial charge in [-0.3, -0.25) is 19.3 Å². The molecule has 1 saturated heterocycles. The Labute approximate surface area is 159 Å². The first-order chi connectivity index (χ1) is 11.4. The third-order valence-electron chi connectivity index (χ3n) is 5.81. The van der Waals surface area contributed by atoms with Crippen LogP contribution >= 0.6 is 31.9 Å². The molecule has 0 aromatic rings. The number of amides is 3. The summed E-state index contributed by atoms with van der Waals surface area (Å²) in [6.45, 7) is -0.0996. The molecule has 2 saturated carbocycles. The third-order valence-corrected chi connectivity index (χ3v) is 8.55. The van der Waals surface area contributed by atoms with Gasteiger partial charge in [0.1, 0.15) is 6.54 Å². The smallest absolute Gasteiger partial charge is 0.242 e. The van der Waals surface area contributed by atoms with Gasteiger partial charge >= 0.3 is 0 Å². The second kappa shape index (κ2) is 7.44. The molecule has 0 aromatic heterocycles. The van der Waals surface area contributed by atoms with Crippen molar-refractivity contribution in [1.29, 1.82) is 0 Å². The summed E-state index contributed by atoms with van der Waals surface area (Å²) in [5, 5.41) is 0. The highest BCUT2D eigenvalue weighted by Gasteiger charge is 2.52. The Morgan fingerprint density at radius 3 is 2.04 bits per heavy atom. The van der Waals surface area contributed by atoms with Crippen molar-refractivity contribution in [1.82, 2.24) is 9.80 Å². The number of imide groups is 1. The molecule has 0 spiro atoms. The van der Waals surface area contributed by atoms with Crippen LogP contribution in [-0.2, 0) is 14.4 Å². The van der Waals surface area contributed by atoms with E-state index < -0.39 is 0 Å². The highest BCUT2D eigenvalue weighted by Crippen LogP contribution is 2.43. The molecule has 3 rings (SSSR count). The molecule has 0 radical (unpaired) electrons. The van der Waals surface area contributed by atoms with Crippen molar-refractivity contribution in [2.24, 2.45) is 11.8 Å². The summed E-state index contributed by atoms with van der Waals surface area (Å²) in [5.41, 5.74) is 0. The molecule has 7 heteroatoms. The predicted molar refractivity (Wildman–Crippen MR) is 98.0 cm³/mol. The largest absolute Gasteiger partial charge is 0.341 e. The molecule has 3 amide bonds. The molecule has 1 aliphatic heterocycles. The van der Waals surface area contributed by atoms with Gasteiger partial charge in [0, 0.05) is 22.7 Å². The zero-order valence-corrected chi connectivity index (χ0v) is 17.1. The topological polar surface area (TPSA) is 57.7 Å². The molecule has 0 N–H and O–H groups in total. The first-order valence-electron chi connectivity index (χ1n) is 8.79. The number of halogens is 2. The van der Waals surface area contributed by atoms with Crippen LogP contribution in [0.3, 0.4) is 0 Å². The lowest BCUT2D eigenvalue weighted by atomic mass is 9.81. The number of rotatable bonds is 3. The van der Waals surface area contributed by atoms with Crippen molar-refractivity contribution in [3.05, 3.63) is 0 Å². The Bertz CT molecular complexity index is 508. The number of likely N-dealkylation sites (N-methyl/N-ethyl adjacent to an activating group) is 1. The average molecular weight is 464 g/mol. The van der Waals surface area contributed by atoms with Crippen LogP contribution in [0.5, 0.6) is 0 Å². The van der Waals surface area contributed by atoms with E-state index in [-0.39, 0.29) is 51.8 Å². The van der Waals surface area contributed by atoms with E-state index in [0.29, 0.717) is 12.8 Å². The van der Waals surface area contributed by atoms with Gasteiger partial charge in [-0.15, -0.1) is 0 Å². The molecular weight excluding hydrogens is 440 g/mol. The van der Waals surface area contributed by atoms with Crippen LogP contribution in [0.2, 0.25) is 0 Å². The van der Waals surface area contributed by atoms with E-state index in [0.717, 1.165) is 25.7 Å². The monoisotopic (exact) mass is 462 g/mol. The van der Waals surface area contributed by atoms with E-state index in [1.165, 1.54) is 11.3 Å². The predicted octanol–water partition coefficient (Wildman–Crippen LogP) is 2.70. The summed E-state index contributed by atoms with van der Waals surface area (Å²) in [6.07, 6.45) is 6.85. The molecule has 24 heavy (non-hydrogen) atoms. The Kier molecular flexibility index (Phi) is 5.69. The highest BCUT2D eigenvalue weighted by atomic mass is 79.9. The fraction of sp³-hybridized carbons (Fsp3) is 0.824. The summed E-state index contributed by atoms with van der Waals surface area (Å²) in [7, 11) is 1.80. The molecule has 2 aliphatic carbocycles. The molecule has 0 bridgehead atoms. The summed E-state index contributed by atoms with van der Waals surface area (Å²) in [5.74, 6) is -1.00. The van der Waals surface area contributed by atoms with Crippen molar-refractivity contribution < 1.29 is 14.4 Å². The van der Waals surface area contributed by atoms with Crippen molar-refractivity contribution >= 4 is 49.6 Å². The van der Waals surface area contributed by atoms with Gasteiger partial charge in [0.2, 0.25) is 17.7 Å². The Balaban J connectivity index is 1.65. The molecule has 0 unspecified atom stereocenters. The zero-order valence-electron chi connectivity index (χ0n) is 13.9. The van der Waals surface area contributed by atoms with E-state index in [1.807, 2.05) is 0 Å². The van der Waals surface area contributed by atoms with Crippen LogP contribution in [0.25, 0.3) is 0 Å². The number of nitrogens with zero attached hydrogens (tertiary/aromatic N) is 2. The molecule has 5 nitrogen and oxygen atoms in total. The number of carbonyl (C=O) groups is 3. The normalized spacial score (nSPS) is 34.4. The van der Waals surface area contributed by atoms with E-state index in [9.17, 15) is 14.4 Å². The van der Waals surface area contributed by atoms with Gasteiger partial charge in [-0.2, -0.15) is 0 Å². The van der Waals surface area contributed by atoms with Gasteiger partial charge in [0.15, 0.2) is 0 Å². The summed E-state index contributed by atoms with van der Waals surface area (Å²) >= 11 is 7.16. The lowest BCUT2D eigenvalue weighted by Gasteiger charge is -2.32. The van der Waals surface area contributed by atoms with Crippen molar-refractivity contribution in [2.45, 2.75) is 60.6 Å². The van der Waals surface area contributed by atoms with Crippen LogP contribution in [0.1, 0.15) is 44.9 Å². The summed E-state index contributed by atoms with van der Waals surface area (Å²) in [6, 6.07) is 0.250. The van der Waals surface area contributed by atoms with E-state index in [4.69, 9.17) is 0 Å². The van der Waals surface area contributed by atoms with Gasteiger partial charge in [0.25, 0.3) is 0 Å². The van der Waals surface area contributed by atoms with E-state index in [2.05, 4.69) is 31.9 Å². The number of carbonyl (C=O) groups excluding carboxylic acids is 3. The van der Waals surface area contributed by atoms with Crippen molar-refractivity contribution in [3.63, 3.8) is 0 Å². The SMILES string of the molecule is CN(C(=O)CN1C(=O)[C@@H]2C[C@@H](Br)[C@@H](Br)C[C@H]2C1=O)C1CCCCC1. The maximum absolute atomic E-state index is 12.6. The van der Waals surface area contributed by atoms with Crippen LogP contribution < -0.4 is 0 Å². The van der Waals surface area contributed by atoms with E-state index >= 15 is 0 Å². The minimum absolute atomic E-state index is 0.0996. The molecule has 4 atom stereocenters. The number of hydrogen-bond acceptors (Lipinski definition) is 3. The maximum atomic E-state index is 12.6. The standard InChI is InChI=1S/C17H24Br2N2O3/c1-20(10-5-3-2-4-6-10)15(22)9-21-16(23)11-7-13(18)14(19)8-12(11)17(21)24/h10-14H,2-9H2,1H3/t11-,12-,13-,14+/m1/s1. The van der Waals surface area contributed by atoms with Gasteiger partial charge in [-0.1, -0.05) is 51.1 Å². The lowest BCUT2D eigenvalue weighted by Crippen LogP contribution is -2.46. The molecule has 0 aromatic carbocycles. The third kappa shape index (κ3) is 3.43. The zero-order chi connectivity index (χ0) is 17.4. The molecule has 3 aliphatic rings. The first-order valence-corrected chi connectivity index (χ1v) is 10.6. The Morgan fingerprint density at radius 1 is 1.04 bits per heavy atom. The number of likely N-dealkylation sites (tertiary alicyclic amines) is 1. The maximum Gasteiger partial charge on any atom is 0.242 e. The van der Waals surface area contributed by atoms with E-state index in [1.54, 1.807) is 11.9 Å². The average Bonchev–Trinajstić information content (AvgIpc) is 2.80. The van der Waals surface area contributed by atoms with Crippen LogP contribution in [-0.4, -0.2) is 56.8 Å². The number of fused-ring (bicyclic) bond motifs is 1. The Hall–Kier alpha value is -0.430. The quantitative estimate of drug-likeness (QED) is 0.477. The molecule has 134 valence electrons. The van der Waals surface area contributed by atoms with Crippen LogP contribution in [0, 0.1) is 11.8 Å². The lowest BCUT2D eigenvalue weighted by molar-refractivity contribution is -0.147. The second-order valence-corrected chi connectivity index (χ2v) is 9.63. The van der Waals surface area contributed by atoms with Crippen LogP contribution in [0.4, 0.5) is 0 Å².